The molecule has 0 spiro atoms. The van der Waals surface area contributed by atoms with Crippen molar-refractivity contribution in [1.82, 2.24) is 29.6 Å². The minimum Gasteiger partial charge on any atom is -0.296 e. The number of fused-ring (bicyclic) bond motifs is 1. The Morgan fingerprint density at radius 1 is 1.00 bits per heavy atom. The summed E-state index contributed by atoms with van der Waals surface area (Å²) in [5, 5.41) is 9.04. The molecule has 1 fully saturated rings. The number of rotatable bonds is 4. The van der Waals surface area contributed by atoms with E-state index in [1.54, 1.807) is 0 Å². The fraction of sp³-hybridized carbons (Fsp3) is 0.292. The average Bonchev–Trinajstić information content (AvgIpc) is 3.19. The van der Waals surface area contributed by atoms with E-state index < -0.39 is 0 Å². The molecule has 0 bridgehead atoms. The summed E-state index contributed by atoms with van der Waals surface area (Å²) in [6, 6.07) is 17.3. The van der Waals surface area contributed by atoms with E-state index in [4.69, 9.17) is 0 Å². The molecule has 4 aromatic rings. The first-order valence-electron chi connectivity index (χ1n) is 10.4. The van der Waals surface area contributed by atoms with E-state index in [1.165, 1.54) is 16.7 Å². The molecule has 1 aromatic carbocycles. The van der Waals surface area contributed by atoms with Gasteiger partial charge < -0.3 is 0 Å². The second-order valence-corrected chi connectivity index (χ2v) is 8.18. The summed E-state index contributed by atoms with van der Waals surface area (Å²) in [7, 11) is 2.18. The molecule has 6 nitrogen and oxygen atoms in total. The third-order valence-corrected chi connectivity index (χ3v) is 6.00. The highest BCUT2D eigenvalue weighted by molar-refractivity contribution is 5.66. The summed E-state index contributed by atoms with van der Waals surface area (Å²) in [6.45, 7) is 5.99. The lowest BCUT2D eigenvalue weighted by Crippen LogP contribution is -2.46. The van der Waals surface area contributed by atoms with Gasteiger partial charge in [-0.25, -0.2) is 4.52 Å². The van der Waals surface area contributed by atoms with E-state index in [0.29, 0.717) is 0 Å². The predicted molar refractivity (Wildman–Crippen MR) is 118 cm³/mol. The number of nitrogens with zero attached hydrogens (tertiary/aromatic N) is 6. The van der Waals surface area contributed by atoms with Crippen molar-refractivity contribution in [3.63, 3.8) is 0 Å². The number of hydrogen-bond donors (Lipinski definition) is 0. The summed E-state index contributed by atoms with van der Waals surface area (Å²) in [5.74, 6) is 0. The normalized spacial score (nSPS) is 18.1. The smallest absolute Gasteiger partial charge is 0.109 e. The quantitative estimate of drug-likeness (QED) is 0.526. The van der Waals surface area contributed by atoms with Gasteiger partial charge in [0, 0.05) is 50.3 Å². The van der Waals surface area contributed by atoms with E-state index in [9.17, 15) is 0 Å². The summed E-state index contributed by atoms with van der Waals surface area (Å²) >= 11 is 0. The molecule has 5 rings (SSSR count). The van der Waals surface area contributed by atoms with Gasteiger partial charge in [-0.15, -0.1) is 5.10 Å². The molecular formula is C24H26N6. The number of benzene rings is 1. The van der Waals surface area contributed by atoms with Crippen LogP contribution in [0, 0.1) is 6.92 Å². The molecule has 1 aliphatic rings. The molecule has 1 atom stereocenters. The number of hydrogen-bond acceptors (Lipinski definition) is 5. The van der Waals surface area contributed by atoms with Gasteiger partial charge in [0.05, 0.1) is 11.6 Å². The summed E-state index contributed by atoms with van der Waals surface area (Å²) in [6.07, 6.45) is 5.85. The fourth-order valence-corrected chi connectivity index (χ4v) is 4.19. The second-order valence-electron chi connectivity index (χ2n) is 8.18. The Hall–Kier alpha value is -3.09. The summed E-state index contributed by atoms with van der Waals surface area (Å²) in [4.78, 5) is 9.12. The number of piperazine rings is 1. The zero-order valence-corrected chi connectivity index (χ0v) is 17.4. The van der Waals surface area contributed by atoms with Crippen LogP contribution in [0.15, 0.2) is 67.1 Å². The third kappa shape index (κ3) is 3.72. The SMILES string of the molecule is Cc1ccc(-c2ccc3c(C4CN(Cc5cccnc5)CCN4C)nnn3c2)cc1. The lowest BCUT2D eigenvalue weighted by molar-refractivity contribution is 0.0889. The molecule has 0 N–H and O–H groups in total. The molecule has 30 heavy (non-hydrogen) atoms. The van der Waals surface area contributed by atoms with Gasteiger partial charge in [0.25, 0.3) is 0 Å². The van der Waals surface area contributed by atoms with Crippen molar-refractivity contribution in [3.8, 4) is 11.1 Å². The van der Waals surface area contributed by atoms with Crippen molar-refractivity contribution in [2.24, 2.45) is 0 Å². The molecule has 3 aromatic heterocycles. The van der Waals surface area contributed by atoms with Crippen molar-refractivity contribution in [3.05, 3.63) is 83.9 Å². The van der Waals surface area contributed by atoms with Gasteiger partial charge in [-0.1, -0.05) is 47.2 Å². The van der Waals surface area contributed by atoms with Gasteiger partial charge >= 0.3 is 0 Å². The first-order chi connectivity index (χ1) is 14.7. The average molecular weight is 399 g/mol. The van der Waals surface area contributed by atoms with E-state index in [0.717, 1.165) is 43.0 Å². The van der Waals surface area contributed by atoms with Crippen LogP contribution in [0.2, 0.25) is 0 Å². The highest BCUT2D eigenvalue weighted by Crippen LogP contribution is 2.28. The molecule has 0 radical (unpaired) electrons. The molecule has 1 aliphatic heterocycles. The molecule has 1 unspecified atom stereocenters. The van der Waals surface area contributed by atoms with Crippen molar-refractivity contribution in [2.75, 3.05) is 26.7 Å². The minimum absolute atomic E-state index is 0.221. The third-order valence-electron chi connectivity index (χ3n) is 6.00. The Morgan fingerprint density at radius 2 is 1.83 bits per heavy atom. The lowest BCUT2D eigenvalue weighted by Gasteiger charge is -2.38. The van der Waals surface area contributed by atoms with Crippen LogP contribution in [-0.2, 0) is 6.54 Å². The standard InChI is InChI=1S/C24H26N6/c1-18-5-7-20(8-6-18)21-9-10-22-24(26-27-30(22)16-21)23-17-29(13-12-28(23)2)15-19-4-3-11-25-14-19/h3-11,14,16,23H,12-13,15,17H2,1-2H3. The van der Waals surface area contributed by atoms with Crippen LogP contribution in [0.1, 0.15) is 22.9 Å². The molecule has 6 heteroatoms. The Kier molecular flexibility index (Phi) is 5.02. The predicted octanol–water partition coefficient (Wildman–Crippen LogP) is 3.59. The Balaban J connectivity index is 1.41. The monoisotopic (exact) mass is 398 g/mol. The van der Waals surface area contributed by atoms with Gasteiger partial charge in [-0.2, -0.15) is 0 Å². The highest BCUT2D eigenvalue weighted by atomic mass is 15.4. The van der Waals surface area contributed by atoms with Crippen LogP contribution in [0.4, 0.5) is 0 Å². The highest BCUT2D eigenvalue weighted by Gasteiger charge is 2.29. The Morgan fingerprint density at radius 3 is 2.63 bits per heavy atom. The number of pyridine rings is 2. The molecule has 1 saturated heterocycles. The topological polar surface area (TPSA) is 49.6 Å². The van der Waals surface area contributed by atoms with E-state index in [-0.39, 0.29) is 6.04 Å². The first kappa shape index (κ1) is 18.9. The molecular weight excluding hydrogens is 372 g/mol. The summed E-state index contributed by atoms with van der Waals surface area (Å²) < 4.78 is 1.92. The summed E-state index contributed by atoms with van der Waals surface area (Å²) in [5.41, 5.74) is 6.97. The van der Waals surface area contributed by atoms with Crippen LogP contribution in [0.25, 0.3) is 16.6 Å². The first-order valence-corrected chi connectivity index (χ1v) is 10.4. The van der Waals surface area contributed by atoms with Gasteiger partial charge in [-0.05, 0) is 37.2 Å². The minimum atomic E-state index is 0.221. The maximum Gasteiger partial charge on any atom is 0.109 e. The van der Waals surface area contributed by atoms with Crippen LogP contribution in [0.5, 0.6) is 0 Å². The van der Waals surface area contributed by atoms with Crippen LogP contribution >= 0.6 is 0 Å². The second kappa shape index (κ2) is 7.97. The Labute approximate surface area is 176 Å². The Bertz CT molecular complexity index is 1140. The van der Waals surface area contributed by atoms with Crippen molar-refractivity contribution >= 4 is 5.52 Å². The van der Waals surface area contributed by atoms with Crippen molar-refractivity contribution in [1.29, 1.82) is 0 Å². The molecule has 0 amide bonds. The maximum atomic E-state index is 4.59. The van der Waals surface area contributed by atoms with E-state index in [1.807, 2.05) is 23.0 Å². The zero-order chi connectivity index (χ0) is 20.5. The van der Waals surface area contributed by atoms with Crippen LogP contribution in [-0.4, -0.2) is 56.3 Å². The van der Waals surface area contributed by atoms with Crippen LogP contribution < -0.4 is 0 Å². The molecule has 152 valence electrons. The maximum absolute atomic E-state index is 4.59. The largest absolute Gasteiger partial charge is 0.296 e. The molecule has 0 saturated carbocycles. The lowest BCUT2D eigenvalue weighted by atomic mass is 10.0. The number of aromatic nitrogens is 4. The molecule has 4 heterocycles. The van der Waals surface area contributed by atoms with Gasteiger partial charge in [0.15, 0.2) is 0 Å². The van der Waals surface area contributed by atoms with E-state index in [2.05, 4.69) is 87.7 Å². The number of aryl methyl sites for hydroxylation is 1. The van der Waals surface area contributed by atoms with E-state index >= 15 is 0 Å². The van der Waals surface area contributed by atoms with Crippen molar-refractivity contribution in [2.45, 2.75) is 19.5 Å². The number of likely N-dealkylation sites (N-methyl/N-ethyl adjacent to an activating group) is 1. The van der Waals surface area contributed by atoms with Gasteiger partial charge in [-0.3, -0.25) is 14.8 Å². The van der Waals surface area contributed by atoms with Gasteiger partial charge in [0.2, 0.25) is 0 Å². The van der Waals surface area contributed by atoms with Crippen LogP contribution in [0.3, 0.4) is 0 Å². The van der Waals surface area contributed by atoms with Crippen molar-refractivity contribution < 1.29 is 0 Å². The fourth-order valence-electron chi connectivity index (χ4n) is 4.19. The zero-order valence-electron chi connectivity index (χ0n) is 17.4. The van der Waals surface area contributed by atoms with Gasteiger partial charge in [0.1, 0.15) is 5.69 Å². The molecule has 0 aliphatic carbocycles.